The van der Waals surface area contributed by atoms with Gasteiger partial charge in [0.15, 0.2) is 0 Å². The van der Waals surface area contributed by atoms with Gasteiger partial charge in [0.25, 0.3) is 15.9 Å². The Kier molecular flexibility index (Phi) is 4.34. The highest BCUT2D eigenvalue weighted by Crippen LogP contribution is 2.25. The zero-order valence-corrected chi connectivity index (χ0v) is 13.5. The SMILES string of the molecule is Cc1cccc(C(N)=O)c1NS(=O)(=O)c1cccc(Br)c1. The molecule has 0 saturated carbocycles. The van der Waals surface area contributed by atoms with Crippen molar-refractivity contribution in [2.24, 2.45) is 5.73 Å². The summed E-state index contributed by atoms with van der Waals surface area (Å²) in [7, 11) is -3.80. The number of carbonyl (C=O) groups is 1. The number of anilines is 1. The van der Waals surface area contributed by atoms with Gasteiger partial charge in [0.05, 0.1) is 16.1 Å². The van der Waals surface area contributed by atoms with Gasteiger partial charge < -0.3 is 5.73 Å². The van der Waals surface area contributed by atoms with E-state index in [0.29, 0.717) is 10.0 Å². The lowest BCUT2D eigenvalue weighted by atomic mass is 10.1. The zero-order valence-electron chi connectivity index (χ0n) is 11.1. The van der Waals surface area contributed by atoms with Crippen molar-refractivity contribution in [3.05, 3.63) is 58.1 Å². The van der Waals surface area contributed by atoms with Crippen molar-refractivity contribution in [3.63, 3.8) is 0 Å². The lowest BCUT2D eigenvalue weighted by molar-refractivity contribution is 0.100. The average molecular weight is 369 g/mol. The first-order chi connectivity index (χ1) is 9.81. The van der Waals surface area contributed by atoms with E-state index in [1.54, 1.807) is 31.2 Å². The minimum atomic E-state index is -3.80. The Morgan fingerprint density at radius 1 is 1.19 bits per heavy atom. The molecule has 110 valence electrons. The number of benzene rings is 2. The van der Waals surface area contributed by atoms with Gasteiger partial charge in [-0.3, -0.25) is 9.52 Å². The summed E-state index contributed by atoms with van der Waals surface area (Å²) in [5.74, 6) is -0.689. The van der Waals surface area contributed by atoms with Gasteiger partial charge in [-0.2, -0.15) is 0 Å². The van der Waals surface area contributed by atoms with Crippen molar-refractivity contribution in [3.8, 4) is 0 Å². The van der Waals surface area contributed by atoms with Crippen LogP contribution in [-0.4, -0.2) is 14.3 Å². The van der Waals surface area contributed by atoms with Crippen LogP contribution in [0, 0.1) is 6.92 Å². The third kappa shape index (κ3) is 3.43. The van der Waals surface area contributed by atoms with Crippen LogP contribution in [0.3, 0.4) is 0 Å². The summed E-state index contributed by atoms with van der Waals surface area (Å²) in [5, 5.41) is 0. The monoisotopic (exact) mass is 368 g/mol. The molecule has 5 nitrogen and oxygen atoms in total. The molecule has 0 aromatic heterocycles. The van der Waals surface area contributed by atoms with Crippen LogP contribution in [-0.2, 0) is 10.0 Å². The van der Waals surface area contributed by atoms with Gasteiger partial charge in [0.1, 0.15) is 0 Å². The summed E-state index contributed by atoms with van der Waals surface area (Å²) in [6.45, 7) is 1.70. The van der Waals surface area contributed by atoms with E-state index in [9.17, 15) is 13.2 Å². The van der Waals surface area contributed by atoms with Gasteiger partial charge in [-0.25, -0.2) is 8.42 Å². The Hall–Kier alpha value is -1.86. The zero-order chi connectivity index (χ0) is 15.6. The van der Waals surface area contributed by atoms with Crippen molar-refractivity contribution in [1.82, 2.24) is 0 Å². The van der Waals surface area contributed by atoms with Crippen molar-refractivity contribution >= 4 is 37.5 Å². The van der Waals surface area contributed by atoms with E-state index >= 15 is 0 Å². The van der Waals surface area contributed by atoms with Crippen LogP contribution in [0.15, 0.2) is 51.8 Å². The van der Waals surface area contributed by atoms with E-state index in [0.717, 1.165) is 0 Å². The molecule has 0 heterocycles. The van der Waals surface area contributed by atoms with E-state index in [1.807, 2.05) is 0 Å². The van der Waals surface area contributed by atoms with E-state index in [-0.39, 0.29) is 16.1 Å². The molecule has 0 saturated heterocycles. The molecule has 0 fully saturated rings. The number of halogens is 1. The minimum Gasteiger partial charge on any atom is -0.366 e. The van der Waals surface area contributed by atoms with Crippen LogP contribution < -0.4 is 10.5 Å². The van der Waals surface area contributed by atoms with Crippen LogP contribution in [0.1, 0.15) is 15.9 Å². The van der Waals surface area contributed by atoms with E-state index in [2.05, 4.69) is 20.7 Å². The van der Waals surface area contributed by atoms with Gasteiger partial charge in [-0.1, -0.05) is 34.1 Å². The molecule has 3 N–H and O–H groups in total. The van der Waals surface area contributed by atoms with Crippen LogP contribution in [0.5, 0.6) is 0 Å². The predicted octanol–water partition coefficient (Wildman–Crippen LogP) is 2.66. The summed E-state index contributed by atoms with van der Waals surface area (Å²) >= 11 is 3.23. The van der Waals surface area contributed by atoms with Gasteiger partial charge in [-0.05, 0) is 36.8 Å². The lowest BCUT2D eigenvalue weighted by Crippen LogP contribution is -2.19. The Morgan fingerprint density at radius 3 is 2.48 bits per heavy atom. The normalized spacial score (nSPS) is 11.1. The van der Waals surface area contributed by atoms with E-state index < -0.39 is 15.9 Å². The molecule has 0 radical (unpaired) electrons. The number of nitrogens with two attached hydrogens (primary N) is 1. The smallest absolute Gasteiger partial charge is 0.261 e. The number of amides is 1. The van der Waals surface area contributed by atoms with Gasteiger partial charge >= 0.3 is 0 Å². The molecule has 2 aromatic carbocycles. The molecule has 0 atom stereocenters. The number of hydrogen-bond acceptors (Lipinski definition) is 3. The molecule has 2 rings (SSSR count). The highest BCUT2D eigenvalue weighted by molar-refractivity contribution is 9.10. The van der Waals surface area contributed by atoms with E-state index in [4.69, 9.17) is 5.73 Å². The number of aryl methyl sites for hydroxylation is 1. The number of carbonyl (C=O) groups excluding carboxylic acids is 1. The number of rotatable bonds is 4. The van der Waals surface area contributed by atoms with Gasteiger partial charge in [0, 0.05) is 4.47 Å². The molecule has 1 amide bonds. The largest absolute Gasteiger partial charge is 0.366 e. The molecule has 0 aliphatic rings. The van der Waals surface area contributed by atoms with Crippen molar-refractivity contribution in [1.29, 1.82) is 0 Å². The second-order valence-electron chi connectivity index (χ2n) is 4.42. The summed E-state index contributed by atoms with van der Waals surface area (Å²) in [6, 6.07) is 11.1. The molecule has 0 spiro atoms. The fraction of sp³-hybridized carbons (Fsp3) is 0.0714. The molecule has 0 bridgehead atoms. The highest BCUT2D eigenvalue weighted by Gasteiger charge is 2.19. The molecular formula is C14H13BrN2O3S. The summed E-state index contributed by atoms with van der Waals surface area (Å²) < 4.78 is 27.9. The molecule has 2 aromatic rings. The summed E-state index contributed by atoms with van der Waals surface area (Å²) in [6.07, 6.45) is 0. The van der Waals surface area contributed by atoms with Crippen LogP contribution >= 0.6 is 15.9 Å². The molecule has 0 aliphatic carbocycles. The number of hydrogen-bond donors (Lipinski definition) is 2. The van der Waals surface area contributed by atoms with Crippen molar-refractivity contribution in [2.45, 2.75) is 11.8 Å². The fourth-order valence-corrected chi connectivity index (χ4v) is 3.58. The second-order valence-corrected chi connectivity index (χ2v) is 7.02. The second kappa shape index (κ2) is 5.87. The van der Waals surface area contributed by atoms with Crippen LogP contribution in [0.2, 0.25) is 0 Å². The number of primary amides is 1. The average Bonchev–Trinajstić information content (AvgIpc) is 2.40. The van der Waals surface area contributed by atoms with Crippen LogP contribution in [0.4, 0.5) is 5.69 Å². The molecular weight excluding hydrogens is 356 g/mol. The topological polar surface area (TPSA) is 89.3 Å². The quantitative estimate of drug-likeness (QED) is 0.868. The number of para-hydroxylation sites is 1. The first-order valence-electron chi connectivity index (χ1n) is 5.99. The maximum Gasteiger partial charge on any atom is 0.261 e. The van der Waals surface area contributed by atoms with E-state index in [1.165, 1.54) is 18.2 Å². The Bertz CT molecular complexity index is 804. The van der Waals surface area contributed by atoms with Gasteiger partial charge in [0.2, 0.25) is 0 Å². The first-order valence-corrected chi connectivity index (χ1v) is 8.26. The Labute approximate surface area is 131 Å². The van der Waals surface area contributed by atoms with Gasteiger partial charge in [-0.15, -0.1) is 0 Å². The maximum absolute atomic E-state index is 12.4. The summed E-state index contributed by atoms with van der Waals surface area (Å²) in [4.78, 5) is 11.5. The van der Waals surface area contributed by atoms with Crippen LogP contribution in [0.25, 0.3) is 0 Å². The van der Waals surface area contributed by atoms with Crippen molar-refractivity contribution < 1.29 is 13.2 Å². The van der Waals surface area contributed by atoms with Crippen molar-refractivity contribution in [2.75, 3.05) is 4.72 Å². The minimum absolute atomic E-state index is 0.0931. The Morgan fingerprint density at radius 2 is 1.86 bits per heavy atom. The first kappa shape index (κ1) is 15.5. The molecule has 0 aliphatic heterocycles. The Balaban J connectivity index is 2.49. The maximum atomic E-state index is 12.4. The lowest BCUT2D eigenvalue weighted by Gasteiger charge is -2.13. The highest BCUT2D eigenvalue weighted by atomic mass is 79.9. The standard InChI is InChI=1S/C14H13BrN2O3S/c1-9-4-2-7-12(14(16)18)13(9)17-21(19,20)11-6-3-5-10(15)8-11/h2-8,17H,1H3,(H2,16,18). The number of nitrogens with one attached hydrogen (secondary N) is 1. The molecule has 0 unspecified atom stereocenters. The fourth-order valence-electron chi connectivity index (χ4n) is 1.84. The summed E-state index contributed by atoms with van der Waals surface area (Å²) in [5.41, 5.74) is 6.23. The number of sulfonamides is 1. The predicted molar refractivity (Wildman–Crippen MR) is 84.6 cm³/mol. The third-order valence-electron chi connectivity index (χ3n) is 2.88. The third-order valence-corrected chi connectivity index (χ3v) is 4.72. The molecule has 7 heteroatoms. The molecule has 21 heavy (non-hydrogen) atoms.